The Balaban J connectivity index is 0. The van der Waals surface area contributed by atoms with E-state index in [9.17, 15) is 9.90 Å². The fourth-order valence-electron chi connectivity index (χ4n) is 0.611. The molecule has 3 heteroatoms. The van der Waals surface area contributed by atoms with Gasteiger partial charge in [0, 0.05) is 12.4 Å². The smallest absolute Gasteiger partial charge is 0.550 e. The summed E-state index contributed by atoms with van der Waals surface area (Å²) in [6.07, 6.45) is 14.4. The van der Waals surface area contributed by atoms with Crippen molar-refractivity contribution in [2.75, 3.05) is 0 Å². The van der Waals surface area contributed by atoms with Crippen molar-refractivity contribution in [2.45, 2.75) is 13.3 Å². The zero-order chi connectivity index (χ0) is 9.94. The summed E-state index contributed by atoms with van der Waals surface area (Å²) in [4.78, 5) is 9.96. The molecule has 0 unspecified atom stereocenters. The molecule has 0 radical (unpaired) electrons. The van der Waals surface area contributed by atoms with Crippen molar-refractivity contribution < 1.29 is 39.5 Å². The fourth-order valence-corrected chi connectivity index (χ4v) is 0.611. The zero-order valence-corrected chi connectivity index (χ0v) is 10.6. The van der Waals surface area contributed by atoms with Crippen LogP contribution >= 0.6 is 0 Å². The number of allylic oxidation sites excluding steroid dienone is 7. The van der Waals surface area contributed by atoms with E-state index >= 15 is 0 Å². The van der Waals surface area contributed by atoms with Gasteiger partial charge in [0.05, 0.1) is 0 Å². The minimum Gasteiger partial charge on any atom is -0.550 e. The molecule has 0 aromatic carbocycles. The predicted octanol–water partition coefficient (Wildman–Crippen LogP) is -1.62. The van der Waals surface area contributed by atoms with Crippen LogP contribution < -0.4 is 34.7 Å². The Morgan fingerprint density at radius 2 is 1.57 bits per heavy atom. The molecule has 2 nitrogen and oxygen atoms in total. The molecular weight excluding hydrogens is 187 g/mol. The van der Waals surface area contributed by atoms with Gasteiger partial charge in [-0.15, -0.1) is 0 Å². The maximum Gasteiger partial charge on any atom is 1.00 e. The average Bonchev–Trinajstić information content (AvgIpc) is 2.09. The van der Waals surface area contributed by atoms with Crippen molar-refractivity contribution in [3.05, 3.63) is 48.6 Å². The number of hydrogen-bond acceptors (Lipinski definition) is 2. The second-order valence-corrected chi connectivity index (χ2v) is 2.30. The van der Waals surface area contributed by atoms with Crippen LogP contribution in [0, 0.1) is 0 Å². The van der Waals surface area contributed by atoms with Gasteiger partial charge in [0.2, 0.25) is 0 Å². The number of carbonyl (C=O) groups is 1. The van der Waals surface area contributed by atoms with E-state index in [-0.39, 0.29) is 36.0 Å². The Hall–Kier alpha value is -0.570. The number of carboxylic acids is 1. The summed E-state index contributed by atoms with van der Waals surface area (Å²) in [5.41, 5.74) is 0. The first-order chi connectivity index (χ1) is 6.27. The summed E-state index contributed by atoms with van der Waals surface area (Å²) in [7, 11) is 0. The molecular formula is C11H13NaO2. The molecule has 0 N–H and O–H groups in total. The summed E-state index contributed by atoms with van der Waals surface area (Å²) >= 11 is 0. The summed E-state index contributed by atoms with van der Waals surface area (Å²) in [5, 5.41) is 9.96. The Morgan fingerprint density at radius 3 is 2.07 bits per heavy atom. The van der Waals surface area contributed by atoms with Crippen molar-refractivity contribution in [3.8, 4) is 0 Å². The van der Waals surface area contributed by atoms with Crippen molar-refractivity contribution in [3.63, 3.8) is 0 Å². The van der Waals surface area contributed by atoms with Crippen LogP contribution in [0.3, 0.4) is 0 Å². The van der Waals surface area contributed by atoms with Gasteiger partial charge in [-0.05, 0) is 6.92 Å². The van der Waals surface area contributed by atoms with Gasteiger partial charge < -0.3 is 9.90 Å². The van der Waals surface area contributed by atoms with Crippen molar-refractivity contribution in [1.82, 2.24) is 0 Å². The summed E-state index contributed by atoms with van der Waals surface area (Å²) in [5.74, 6) is -1.06. The molecule has 0 atom stereocenters. The largest absolute Gasteiger partial charge is 1.00 e. The van der Waals surface area contributed by atoms with Crippen molar-refractivity contribution >= 4 is 5.97 Å². The molecule has 0 fully saturated rings. The van der Waals surface area contributed by atoms with Gasteiger partial charge in [-0.3, -0.25) is 0 Å². The molecule has 0 aliphatic rings. The van der Waals surface area contributed by atoms with E-state index in [2.05, 4.69) is 0 Å². The third kappa shape index (κ3) is 14.0. The first kappa shape index (κ1) is 15.9. The van der Waals surface area contributed by atoms with Crippen LogP contribution in [0.5, 0.6) is 0 Å². The van der Waals surface area contributed by atoms with Gasteiger partial charge in [0.25, 0.3) is 0 Å². The summed E-state index contributed by atoms with van der Waals surface area (Å²) in [6, 6.07) is 0. The molecule has 0 saturated heterocycles. The Kier molecular flexibility index (Phi) is 14.1. The Bertz CT molecular complexity index is 250. The van der Waals surface area contributed by atoms with Crippen LogP contribution in [0.15, 0.2) is 48.6 Å². The summed E-state index contributed by atoms with van der Waals surface area (Å²) in [6.45, 7) is 1.94. The van der Waals surface area contributed by atoms with Crippen LogP contribution in [0.2, 0.25) is 0 Å². The van der Waals surface area contributed by atoms with E-state index in [1.54, 1.807) is 12.2 Å². The minimum absolute atomic E-state index is 0. The molecule has 14 heavy (non-hydrogen) atoms. The first-order valence-corrected chi connectivity index (χ1v) is 4.08. The first-order valence-electron chi connectivity index (χ1n) is 4.08. The van der Waals surface area contributed by atoms with Crippen molar-refractivity contribution in [2.24, 2.45) is 0 Å². The molecule has 0 aromatic rings. The third-order valence-electron chi connectivity index (χ3n) is 1.17. The van der Waals surface area contributed by atoms with Gasteiger partial charge in [0.15, 0.2) is 0 Å². The van der Waals surface area contributed by atoms with Crippen LogP contribution in [0.4, 0.5) is 0 Å². The van der Waals surface area contributed by atoms with Crippen LogP contribution in [0.25, 0.3) is 0 Å². The fraction of sp³-hybridized carbons (Fsp3) is 0.182. The van der Waals surface area contributed by atoms with Gasteiger partial charge in [0.1, 0.15) is 0 Å². The molecule has 0 aromatic heterocycles. The van der Waals surface area contributed by atoms with Crippen LogP contribution in [-0.4, -0.2) is 5.97 Å². The SMILES string of the molecule is C/C=C/C=C/C=C/C=C/CC(=O)[O-].[Na+]. The second kappa shape index (κ2) is 12.4. The van der Waals surface area contributed by atoms with E-state index in [4.69, 9.17) is 0 Å². The topological polar surface area (TPSA) is 40.1 Å². The maximum atomic E-state index is 9.96. The Morgan fingerprint density at radius 1 is 1.07 bits per heavy atom. The quantitative estimate of drug-likeness (QED) is 0.395. The molecule has 0 spiro atoms. The number of hydrogen-bond donors (Lipinski definition) is 0. The van der Waals surface area contributed by atoms with Crippen LogP contribution in [-0.2, 0) is 4.79 Å². The van der Waals surface area contributed by atoms with Gasteiger partial charge in [-0.25, -0.2) is 0 Å². The van der Waals surface area contributed by atoms with E-state index < -0.39 is 5.97 Å². The van der Waals surface area contributed by atoms with Gasteiger partial charge >= 0.3 is 29.6 Å². The number of carbonyl (C=O) groups excluding carboxylic acids is 1. The number of aliphatic carboxylic acids is 1. The van der Waals surface area contributed by atoms with E-state index in [0.717, 1.165) is 0 Å². The Labute approximate surface area is 107 Å². The second-order valence-electron chi connectivity index (χ2n) is 2.30. The predicted molar refractivity (Wildman–Crippen MR) is 51.9 cm³/mol. The van der Waals surface area contributed by atoms with Crippen molar-refractivity contribution in [1.29, 1.82) is 0 Å². The number of carboxylic acid groups (broad SMARTS) is 1. The molecule has 0 saturated carbocycles. The van der Waals surface area contributed by atoms with E-state index in [1.165, 1.54) is 6.08 Å². The molecule has 0 aliphatic carbocycles. The number of rotatable bonds is 5. The maximum absolute atomic E-state index is 9.96. The molecule has 0 bridgehead atoms. The monoisotopic (exact) mass is 200 g/mol. The van der Waals surface area contributed by atoms with Gasteiger partial charge in [-0.2, -0.15) is 0 Å². The molecule has 0 aliphatic heterocycles. The summed E-state index contributed by atoms with van der Waals surface area (Å²) < 4.78 is 0. The molecule has 0 rings (SSSR count). The minimum atomic E-state index is -1.06. The molecule has 70 valence electrons. The molecule has 0 amide bonds. The average molecular weight is 200 g/mol. The zero-order valence-electron chi connectivity index (χ0n) is 8.64. The van der Waals surface area contributed by atoms with E-state index in [0.29, 0.717) is 0 Å². The van der Waals surface area contributed by atoms with E-state index in [1.807, 2.05) is 37.3 Å². The third-order valence-corrected chi connectivity index (χ3v) is 1.17. The van der Waals surface area contributed by atoms with Gasteiger partial charge in [-0.1, -0.05) is 48.6 Å². The normalized spacial score (nSPS) is 11.8. The molecule has 0 heterocycles. The standard InChI is InChI=1S/C11H14O2.Na/c1-2-3-4-5-6-7-8-9-10-11(12)13;/h2-9H,10H2,1H3,(H,12,13);/q;+1/p-1/b3-2+,5-4+,7-6+,9-8+;. The van der Waals surface area contributed by atoms with Crippen LogP contribution in [0.1, 0.15) is 13.3 Å².